The Morgan fingerprint density at radius 1 is 1.00 bits per heavy atom. The average molecular weight is 561 g/mol. The Hall–Kier alpha value is -4.27. The minimum Gasteiger partial charge on any atom is -0.478 e. The molecule has 5 rings (SSSR count). The minimum absolute atomic E-state index is 0.000636. The van der Waals surface area contributed by atoms with Crippen LogP contribution in [-0.4, -0.2) is 52.5 Å². The van der Waals surface area contributed by atoms with Crippen molar-refractivity contribution in [2.24, 2.45) is 0 Å². The summed E-state index contributed by atoms with van der Waals surface area (Å²) in [6.07, 6.45) is 2.92. The minimum atomic E-state index is -1.13. The molecular formula is C32H36N2O7. The van der Waals surface area contributed by atoms with Gasteiger partial charge in [0.15, 0.2) is 0 Å². The van der Waals surface area contributed by atoms with E-state index in [-0.39, 0.29) is 42.5 Å². The van der Waals surface area contributed by atoms with Crippen LogP contribution in [0.3, 0.4) is 0 Å². The molecule has 2 atom stereocenters. The topological polar surface area (TPSA) is 118 Å². The summed E-state index contributed by atoms with van der Waals surface area (Å²) in [7, 11) is 0. The second-order valence-electron chi connectivity index (χ2n) is 11.7. The largest absolute Gasteiger partial charge is 0.478 e. The van der Waals surface area contributed by atoms with E-state index in [0.717, 1.165) is 35.1 Å². The number of carbonyl (C=O) groups excluding carboxylic acids is 2. The summed E-state index contributed by atoms with van der Waals surface area (Å²) in [6.45, 7) is 5.49. The van der Waals surface area contributed by atoms with Crippen molar-refractivity contribution in [1.82, 2.24) is 10.2 Å². The molecule has 0 unspecified atom stereocenters. The van der Waals surface area contributed by atoms with E-state index in [9.17, 15) is 19.5 Å². The number of carboxylic acids is 1. The van der Waals surface area contributed by atoms with E-state index in [2.05, 4.69) is 29.6 Å². The molecule has 0 saturated heterocycles. The van der Waals surface area contributed by atoms with E-state index in [1.54, 1.807) is 25.7 Å². The molecule has 2 N–H and O–H groups in total. The van der Waals surface area contributed by atoms with Crippen LogP contribution in [0.15, 0.2) is 65.3 Å². The summed E-state index contributed by atoms with van der Waals surface area (Å²) in [5, 5.41) is 12.6. The molecule has 2 aliphatic carbocycles. The molecular weight excluding hydrogens is 524 g/mol. The Bertz CT molecular complexity index is 1380. The molecule has 1 saturated carbocycles. The van der Waals surface area contributed by atoms with Gasteiger partial charge >= 0.3 is 18.2 Å². The van der Waals surface area contributed by atoms with Crippen molar-refractivity contribution in [3.8, 4) is 11.1 Å². The quantitative estimate of drug-likeness (QED) is 0.336. The van der Waals surface area contributed by atoms with Gasteiger partial charge in [-0.1, -0.05) is 48.5 Å². The molecule has 2 amide bonds. The molecule has 0 bridgehead atoms. The number of nitrogens with zero attached hydrogens (tertiary/aromatic N) is 1. The molecule has 0 radical (unpaired) electrons. The van der Waals surface area contributed by atoms with Gasteiger partial charge in [-0.05, 0) is 74.8 Å². The average Bonchev–Trinajstić information content (AvgIpc) is 3.52. The summed E-state index contributed by atoms with van der Waals surface area (Å²) in [4.78, 5) is 39.5. The molecule has 2 aliphatic rings. The first-order valence-corrected chi connectivity index (χ1v) is 14.0. The van der Waals surface area contributed by atoms with Crippen molar-refractivity contribution in [2.75, 3.05) is 6.61 Å². The highest BCUT2D eigenvalue weighted by Gasteiger charge is 2.35. The van der Waals surface area contributed by atoms with Gasteiger partial charge in [-0.3, -0.25) is 4.90 Å². The number of aromatic carboxylic acids is 1. The number of fused-ring (bicyclic) bond motifs is 3. The smallest absolute Gasteiger partial charge is 0.410 e. The maximum atomic E-state index is 13.7. The number of carbonyl (C=O) groups is 3. The molecule has 0 aliphatic heterocycles. The number of hydrogen-bond acceptors (Lipinski definition) is 6. The lowest BCUT2D eigenvalue weighted by atomic mass is 9.90. The predicted molar refractivity (Wildman–Crippen MR) is 152 cm³/mol. The molecule has 9 nitrogen and oxygen atoms in total. The van der Waals surface area contributed by atoms with Crippen molar-refractivity contribution < 1.29 is 33.4 Å². The molecule has 9 heteroatoms. The summed E-state index contributed by atoms with van der Waals surface area (Å²) in [6, 6.07) is 17.1. The molecule has 0 spiro atoms. The number of hydrogen-bond donors (Lipinski definition) is 2. The van der Waals surface area contributed by atoms with Gasteiger partial charge in [0.1, 0.15) is 23.5 Å². The van der Waals surface area contributed by atoms with E-state index in [4.69, 9.17) is 13.9 Å². The molecule has 41 heavy (non-hydrogen) atoms. The Balaban J connectivity index is 1.34. The normalized spacial score (nSPS) is 18.2. The van der Waals surface area contributed by atoms with Gasteiger partial charge < -0.3 is 24.3 Å². The van der Waals surface area contributed by atoms with Gasteiger partial charge in [-0.25, -0.2) is 14.4 Å². The van der Waals surface area contributed by atoms with Crippen LogP contribution in [0.2, 0.25) is 0 Å². The second kappa shape index (κ2) is 11.7. The number of benzene rings is 2. The van der Waals surface area contributed by atoms with Crippen LogP contribution in [0.4, 0.5) is 9.59 Å². The summed E-state index contributed by atoms with van der Waals surface area (Å²) in [5.74, 6) is -1.07. The van der Waals surface area contributed by atoms with Crippen molar-refractivity contribution >= 4 is 18.2 Å². The van der Waals surface area contributed by atoms with Crippen molar-refractivity contribution in [2.45, 2.75) is 76.6 Å². The molecule has 1 fully saturated rings. The molecule has 216 valence electrons. The Morgan fingerprint density at radius 2 is 1.66 bits per heavy atom. The Morgan fingerprint density at radius 3 is 2.29 bits per heavy atom. The monoisotopic (exact) mass is 560 g/mol. The highest BCUT2D eigenvalue weighted by atomic mass is 16.6. The zero-order chi connectivity index (χ0) is 29.1. The molecule has 2 aromatic carbocycles. The van der Waals surface area contributed by atoms with E-state index in [1.165, 1.54) is 12.3 Å². The fourth-order valence-corrected chi connectivity index (χ4v) is 5.88. The number of furan rings is 1. The van der Waals surface area contributed by atoms with Crippen LogP contribution >= 0.6 is 0 Å². The first-order valence-electron chi connectivity index (χ1n) is 14.0. The predicted octanol–water partition coefficient (Wildman–Crippen LogP) is 6.56. The number of ether oxygens (including phenoxy) is 2. The third-order valence-electron chi connectivity index (χ3n) is 7.67. The number of alkyl carbamates (subject to hydrolysis) is 1. The van der Waals surface area contributed by atoms with Gasteiger partial charge in [0.25, 0.3) is 0 Å². The lowest BCUT2D eigenvalue weighted by molar-refractivity contribution is 0.0440. The fraction of sp³-hybridized carbons (Fsp3) is 0.406. The van der Waals surface area contributed by atoms with Gasteiger partial charge in [-0.15, -0.1) is 0 Å². The van der Waals surface area contributed by atoms with E-state index in [1.807, 2.05) is 24.3 Å². The number of amides is 2. The summed E-state index contributed by atoms with van der Waals surface area (Å²) >= 11 is 0. The lowest BCUT2D eigenvalue weighted by Crippen LogP contribution is -2.48. The van der Waals surface area contributed by atoms with Crippen LogP contribution in [0.1, 0.15) is 79.6 Å². The van der Waals surface area contributed by atoms with Gasteiger partial charge in [0.05, 0.1) is 12.8 Å². The Labute approximate surface area is 239 Å². The highest BCUT2D eigenvalue weighted by Crippen LogP contribution is 2.44. The molecule has 1 heterocycles. The zero-order valence-electron chi connectivity index (χ0n) is 23.6. The summed E-state index contributed by atoms with van der Waals surface area (Å²) in [5.41, 5.74) is 3.84. The number of nitrogens with one attached hydrogen (secondary N) is 1. The van der Waals surface area contributed by atoms with Gasteiger partial charge in [0, 0.05) is 18.0 Å². The maximum absolute atomic E-state index is 13.7. The first kappa shape index (κ1) is 28.3. The second-order valence-corrected chi connectivity index (χ2v) is 11.7. The zero-order valence-corrected chi connectivity index (χ0v) is 23.6. The van der Waals surface area contributed by atoms with Crippen molar-refractivity contribution in [1.29, 1.82) is 0 Å². The van der Waals surface area contributed by atoms with Crippen molar-refractivity contribution in [3.05, 3.63) is 83.3 Å². The fourth-order valence-electron chi connectivity index (χ4n) is 5.88. The molecule has 1 aromatic heterocycles. The van der Waals surface area contributed by atoms with Crippen LogP contribution in [0.25, 0.3) is 11.1 Å². The maximum Gasteiger partial charge on any atom is 0.410 e. The van der Waals surface area contributed by atoms with Crippen LogP contribution in [0, 0.1) is 0 Å². The van der Waals surface area contributed by atoms with Crippen LogP contribution in [-0.2, 0) is 16.0 Å². The number of rotatable bonds is 7. The third-order valence-corrected chi connectivity index (χ3v) is 7.67. The van der Waals surface area contributed by atoms with Crippen LogP contribution < -0.4 is 5.32 Å². The SMILES string of the molecule is CC(C)(C)OC(=O)N[C@H]1CCC[C@H](N(Cc2occc2C(=O)O)C(=O)OCC2c3ccccc3-c3ccccc32)C1. The first-order chi connectivity index (χ1) is 19.6. The summed E-state index contributed by atoms with van der Waals surface area (Å²) < 4.78 is 16.9. The molecule has 3 aromatic rings. The van der Waals surface area contributed by atoms with Gasteiger partial charge in [0.2, 0.25) is 0 Å². The van der Waals surface area contributed by atoms with E-state index < -0.39 is 23.8 Å². The van der Waals surface area contributed by atoms with E-state index >= 15 is 0 Å². The van der Waals surface area contributed by atoms with Crippen LogP contribution in [0.5, 0.6) is 0 Å². The lowest BCUT2D eigenvalue weighted by Gasteiger charge is -2.37. The number of carboxylic acid groups (broad SMARTS) is 1. The van der Waals surface area contributed by atoms with Crippen molar-refractivity contribution in [3.63, 3.8) is 0 Å². The highest BCUT2D eigenvalue weighted by molar-refractivity contribution is 5.88. The standard InChI is InChI=1S/C32H36N2O7/c1-32(2,3)41-30(37)33-20-9-8-10-21(17-20)34(18-28-26(29(35)36)15-16-39-28)31(38)40-19-27-24-13-6-4-11-22(24)23-12-5-7-14-25(23)27/h4-7,11-16,20-21,27H,8-10,17-19H2,1-3H3,(H,33,37)(H,35,36)/t20-,21-/m0/s1. The third kappa shape index (κ3) is 6.39. The Kier molecular flexibility index (Phi) is 8.06. The van der Waals surface area contributed by atoms with E-state index in [0.29, 0.717) is 12.8 Å². The van der Waals surface area contributed by atoms with Gasteiger partial charge in [-0.2, -0.15) is 0 Å².